The van der Waals surface area contributed by atoms with Crippen LogP contribution in [0.4, 0.5) is 0 Å². The van der Waals surface area contributed by atoms with E-state index in [0.717, 1.165) is 0 Å². The molecule has 0 bridgehead atoms. The molecule has 7 heteroatoms. The van der Waals surface area contributed by atoms with Crippen LogP contribution in [0, 0.1) is 71.0 Å². The molecule has 0 aromatic carbocycles. The maximum atomic E-state index is 6.25. The molecule has 0 saturated carbocycles. The van der Waals surface area contributed by atoms with Crippen LogP contribution in [-0.2, 0) is 20.1 Å². The Hall–Kier alpha value is -2.41. The zero-order chi connectivity index (χ0) is 12.0. The predicted molar refractivity (Wildman–Crippen MR) is 29.8 cm³/mol. The van der Waals surface area contributed by atoms with Crippen LogP contribution in [0.25, 0.3) is 0 Å². The molecule has 6 nitrogen and oxygen atoms in total. The molecule has 0 radical (unpaired) electrons. The van der Waals surface area contributed by atoms with Crippen molar-refractivity contribution >= 4 is 0 Å². The predicted octanol–water partition coefficient (Wildman–Crippen LogP) is 0.576. The first-order valence-corrected chi connectivity index (χ1v) is 1.34. The van der Waals surface area contributed by atoms with Crippen molar-refractivity contribution in [2.24, 2.45) is 0 Å². The van der Waals surface area contributed by atoms with Gasteiger partial charge in [0.05, 0.1) is 0 Å². The third kappa shape index (κ3) is 95.0. The second-order valence-electron chi connectivity index (χ2n) is 0. The van der Waals surface area contributed by atoms with Crippen molar-refractivity contribution in [2.75, 3.05) is 0 Å². The van der Waals surface area contributed by atoms with Crippen LogP contribution < -0.4 is 0 Å². The zero-order valence-electron chi connectivity index (χ0n) is 6.02. The molecule has 0 spiro atoms. The summed E-state index contributed by atoms with van der Waals surface area (Å²) in [5.74, 6) is 0. The molecule has 0 N–H and O–H groups in total. The van der Waals surface area contributed by atoms with E-state index in [0.29, 0.717) is 0 Å². The van der Waals surface area contributed by atoms with Gasteiger partial charge in [0.2, 0.25) is 0 Å². The van der Waals surface area contributed by atoms with E-state index in [9.17, 15) is 0 Å². The summed E-state index contributed by atoms with van der Waals surface area (Å²) >= 11 is 0. The molecule has 0 heterocycles. The van der Waals surface area contributed by atoms with Crippen LogP contribution in [0.5, 0.6) is 0 Å². The monoisotopic (exact) mass is 349 g/mol. The number of hydrogen-bond acceptors (Lipinski definition) is 6. The van der Waals surface area contributed by atoms with Gasteiger partial charge in [-0.15, -0.1) is 0 Å². The van der Waals surface area contributed by atoms with Crippen molar-refractivity contribution in [3.8, 4) is 0 Å². The number of hydrogen-bond donors (Lipinski definition) is 0. The minimum absolute atomic E-state index is 0. The fraction of sp³-hybridized carbons (Fsp3) is 0. The number of rotatable bonds is 0. The molecule has 0 unspecified atom stereocenters. The Morgan fingerprint density at radius 2 is 0.308 bits per heavy atom. The van der Waals surface area contributed by atoms with Gasteiger partial charge in [0.1, 0.15) is 0 Å². The third-order valence-corrected chi connectivity index (χ3v) is 0. The molecule has 0 amide bonds. The Balaban J connectivity index is -0.00000000655. The van der Waals surface area contributed by atoms with Crippen LogP contribution in [0.2, 0.25) is 0 Å². The van der Waals surface area contributed by atoms with Gasteiger partial charge < -0.3 is 71.0 Å². The average Bonchev–Trinajstić information content (AvgIpc) is 2.33. The summed E-state index contributed by atoms with van der Waals surface area (Å²) < 4.78 is 0. The van der Waals surface area contributed by atoms with E-state index in [1.54, 1.807) is 0 Å². The summed E-state index contributed by atoms with van der Waals surface area (Å²) in [6.45, 7) is 28.5. The van der Waals surface area contributed by atoms with Crippen molar-refractivity contribution in [2.45, 2.75) is 0 Å². The van der Waals surface area contributed by atoms with Gasteiger partial charge in [-0.1, -0.05) is 0 Å². The van der Waals surface area contributed by atoms with Crippen LogP contribution >= 0.6 is 0 Å². The fourth-order valence-electron chi connectivity index (χ4n) is 0. The topological polar surface area (TPSA) is 143 Å². The summed E-state index contributed by atoms with van der Waals surface area (Å²) in [4.78, 5) is 0. The molecule has 13 heavy (non-hydrogen) atoms. The molecule has 0 aromatic heterocycles. The normalized spacial score (nSPS) is 0.923. The van der Waals surface area contributed by atoms with Gasteiger partial charge in [-0.25, -0.2) is 0 Å². The Morgan fingerprint density at radius 3 is 0.308 bits per heavy atom. The first-order chi connectivity index (χ1) is 6.00. The second kappa shape index (κ2) is 122. The maximum absolute atomic E-state index is 6.25. The van der Waals surface area contributed by atoms with E-state index in [1.165, 1.54) is 0 Å². The van der Waals surface area contributed by atoms with E-state index in [1.807, 2.05) is 0 Å². The molecular formula is C6IrN6-3. The molecule has 0 atom stereocenters. The zero-order valence-corrected chi connectivity index (χ0v) is 8.41. The molecule has 0 saturated heterocycles. The van der Waals surface area contributed by atoms with Crippen LogP contribution in [0.1, 0.15) is 0 Å². The molecule has 66 valence electrons. The smallest absolute Gasteiger partial charge is 0.512 e. The Morgan fingerprint density at radius 1 is 0.308 bits per heavy atom. The molecule has 0 fully saturated rings. The van der Waals surface area contributed by atoms with Crippen LogP contribution in [0.15, 0.2) is 0 Å². The summed E-state index contributed by atoms with van der Waals surface area (Å²) in [6.07, 6.45) is 0. The largest absolute Gasteiger partial charge is 3.00 e. The average molecular weight is 348 g/mol. The van der Waals surface area contributed by atoms with Crippen molar-refractivity contribution < 1.29 is 20.1 Å². The SMILES string of the molecule is [C-]#N.[C-]#N.[C-]#N.[C-]#N.[C-]#N.[C-]#N.[Ir+3]. The van der Waals surface area contributed by atoms with Crippen LogP contribution in [-0.4, -0.2) is 0 Å². The summed E-state index contributed by atoms with van der Waals surface area (Å²) in [6, 6.07) is 0. The van der Waals surface area contributed by atoms with Gasteiger partial charge >= 0.3 is 20.1 Å². The Kier molecular flexibility index (Phi) is 708. The van der Waals surface area contributed by atoms with Gasteiger partial charge in [-0.2, -0.15) is 0 Å². The first-order valence-electron chi connectivity index (χ1n) is 1.34. The molecular weight excluding hydrogens is 348 g/mol. The number of nitrogens with zero attached hydrogens (tertiary/aromatic N) is 6. The van der Waals surface area contributed by atoms with Gasteiger partial charge in [-0.05, 0) is 0 Å². The van der Waals surface area contributed by atoms with E-state index in [-0.39, 0.29) is 20.1 Å². The maximum Gasteiger partial charge on any atom is 3.00 e. The van der Waals surface area contributed by atoms with E-state index in [4.69, 9.17) is 71.0 Å². The summed E-state index contributed by atoms with van der Waals surface area (Å²) in [5, 5.41) is 37.5. The molecule has 0 rings (SSSR count). The third-order valence-electron chi connectivity index (χ3n) is 0. The Bertz CT molecular complexity index is 92.1. The van der Waals surface area contributed by atoms with E-state index >= 15 is 0 Å². The second-order valence-corrected chi connectivity index (χ2v) is 0. The standard InChI is InChI=1S/6CN.Ir/c6*1-2;/q6*-1;+3. The Labute approximate surface area is 91.4 Å². The quantitative estimate of drug-likeness (QED) is 0.586. The van der Waals surface area contributed by atoms with Crippen molar-refractivity contribution in [3.63, 3.8) is 0 Å². The van der Waals surface area contributed by atoms with E-state index < -0.39 is 0 Å². The van der Waals surface area contributed by atoms with Gasteiger partial charge in [-0.3, -0.25) is 0 Å². The molecule has 0 aliphatic rings. The first kappa shape index (κ1) is 75.6. The van der Waals surface area contributed by atoms with E-state index in [2.05, 4.69) is 0 Å². The van der Waals surface area contributed by atoms with Gasteiger partial charge in [0.25, 0.3) is 0 Å². The van der Waals surface area contributed by atoms with Crippen molar-refractivity contribution in [1.82, 2.24) is 0 Å². The molecule has 0 aromatic rings. The summed E-state index contributed by atoms with van der Waals surface area (Å²) in [5.41, 5.74) is 0. The molecule has 0 aliphatic carbocycles. The van der Waals surface area contributed by atoms with Crippen molar-refractivity contribution in [1.29, 1.82) is 31.6 Å². The summed E-state index contributed by atoms with van der Waals surface area (Å²) in [7, 11) is 0. The minimum Gasteiger partial charge on any atom is -0.512 e. The molecule has 0 aliphatic heterocycles. The fourth-order valence-corrected chi connectivity index (χ4v) is 0. The minimum atomic E-state index is 0. The van der Waals surface area contributed by atoms with Crippen molar-refractivity contribution in [3.05, 3.63) is 39.4 Å². The van der Waals surface area contributed by atoms with Gasteiger partial charge in [0.15, 0.2) is 0 Å². The van der Waals surface area contributed by atoms with Gasteiger partial charge in [0, 0.05) is 0 Å². The van der Waals surface area contributed by atoms with Crippen LogP contribution in [0.3, 0.4) is 0 Å².